The molecular weight excluding hydrogens is 452 g/mol. The number of para-hydroxylation sites is 2. The van der Waals surface area contributed by atoms with Crippen LogP contribution in [0.3, 0.4) is 0 Å². The lowest BCUT2D eigenvalue weighted by molar-refractivity contribution is 0.0974. The van der Waals surface area contributed by atoms with Crippen molar-refractivity contribution in [1.82, 2.24) is 5.32 Å². The summed E-state index contributed by atoms with van der Waals surface area (Å²) in [5.74, 6) is 0.549. The first-order valence-electron chi connectivity index (χ1n) is 10.4. The molecule has 0 saturated carbocycles. The van der Waals surface area contributed by atoms with E-state index in [0.717, 1.165) is 10.9 Å². The van der Waals surface area contributed by atoms with E-state index in [-0.39, 0.29) is 5.11 Å². The second-order valence-electron chi connectivity index (χ2n) is 7.46. The maximum Gasteiger partial charge on any atom is 0.344 e. The summed E-state index contributed by atoms with van der Waals surface area (Å²) in [6, 6.07) is 19.5. The van der Waals surface area contributed by atoms with Crippen molar-refractivity contribution in [2.45, 2.75) is 6.92 Å². The fourth-order valence-corrected chi connectivity index (χ4v) is 3.87. The van der Waals surface area contributed by atoms with Gasteiger partial charge in [0.1, 0.15) is 17.1 Å². The highest BCUT2D eigenvalue weighted by molar-refractivity contribution is 7.80. The first kappa shape index (κ1) is 23.0. The van der Waals surface area contributed by atoms with Crippen LogP contribution in [-0.2, 0) is 0 Å². The van der Waals surface area contributed by atoms with Crippen LogP contribution in [0.15, 0.2) is 75.9 Å². The lowest BCUT2D eigenvalue weighted by Crippen LogP contribution is -2.34. The number of amides is 1. The van der Waals surface area contributed by atoms with E-state index in [4.69, 9.17) is 26.1 Å². The van der Waals surface area contributed by atoms with Gasteiger partial charge in [0.25, 0.3) is 5.91 Å². The van der Waals surface area contributed by atoms with Crippen LogP contribution in [0.1, 0.15) is 15.9 Å². The second-order valence-corrected chi connectivity index (χ2v) is 7.87. The molecule has 1 heterocycles. The lowest BCUT2D eigenvalue weighted by atomic mass is 10.0. The van der Waals surface area contributed by atoms with Crippen LogP contribution in [0.2, 0.25) is 0 Å². The smallest absolute Gasteiger partial charge is 0.344 e. The molecule has 1 amide bonds. The van der Waals surface area contributed by atoms with Crippen LogP contribution < -0.4 is 25.7 Å². The van der Waals surface area contributed by atoms with Gasteiger partial charge in [0.2, 0.25) is 0 Å². The summed E-state index contributed by atoms with van der Waals surface area (Å²) < 4.78 is 16.2. The van der Waals surface area contributed by atoms with E-state index in [1.165, 1.54) is 14.2 Å². The highest BCUT2D eigenvalue weighted by Crippen LogP contribution is 2.31. The normalized spacial score (nSPS) is 10.6. The van der Waals surface area contributed by atoms with Crippen molar-refractivity contribution in [2.24, 2.45) is 0 Å². The predicted molar refractivity (Wildman–Crippen MR) is 136 cm³/mol. The van der Waals surface area contributed by atoms with Crippen molar-refractivity contribution < 1.29 is 18.7 Å². The van der Waals surface area contributed by atoms with E-state index in [2.05, 4.69) is 10.6 Å². The molecule has 0 radical (unpaired) electrons. The molecule has 3 aromatic carbocycles. The molecule has 0 fully saturated rings. The zero-order valence-electron chi connectivity index (χ0n) is 18.8. The van der Waals surface area contributed by atoms with Crippen molar-refractivity contribution >= 4 is 39.9 Å². The number of methoxy groups -OCH3 is 2. The number of ether oxygens (including phenoxy) is 2. The van der Waals surface area contributed by atoms with Crippen LogP contribution in [0.5, 0.6) is 11.5 Å². The number of thiocarbonyl (C=S) groups is 1. The van der Waals surface area contributed by atoms with Crippen molar-refractivity contribution in [3.8, 4) is 22.6 Å². The molecule has 172 valence electrons. The molecule has 0 aliphatic rings. The molecule has 0 bridgehead atoms. The Balaban J connectivity index is 1.61. The number of carbonyl (C=O) groups is 1. The van der Waals surface area contributed by atoms with Gasteiger partial charge in [0, 0.05) is 5.39 Å². The molecule has 0 aliphatic heterocycles. The third kappa shape index (κ3) is 4.62. The molecule has 0 unspecified atom stereocenters. The number of anilines is 1. The molecule has 7 nitrogen and oxygen atoms in total. The largest absolute Gasteiger partial charge is 0.496 e. The number of hydrogen-bond donors (Lipinski definition) is 2. The van der Waals surface area contributed by atoms with E-state index < -0.39 is 11.5 Å². The highest BCUT2D eigenvalue weighted by Gasteiger charge is 2.17. The van der Waals surface area contributed by atoms with Gasteiger partial charge in [-0.2, -0.15) is 0 Å². The fraction of sp³-hybridized carbons (Fsp3) is 0.115. The number of benzene rings is 3. The van der Waals surface area contributed by atoms with E-state index >= 15 is 0 Å². The maximum atomic E-state index is 12.8. The van der Waals surface area contributed by atoms with Gasteiger partial charge in [0.05, 0.1) is 31.0 Å². The molecule has 2 N–H and O–H groups in total. The number of fused-ring (bicyclic) bond motifs is 1. The number of rotatable bonds is 5. The summed E-state index contributed by atoms with van der Waals surface area (Å²) in [6.07, 6.45) is 0. The average Bonchev–Trinajstić information content (AvgIpc) is 2.83. The van der Waals surface area contributed by atoms with Gasteiger partial charge in [0.15, 0.2) is 5.11 Å². The van der Waals surface area contributed by atoms with Crippen molar-refractivity contribution in [2.75, 3.05) is 19.5 Å². The minimum atomic E-state index is -0.461. The summed E-state index contributed by atoms with van der Waals surface area (Å²) in [6.45, 7) is 1.85. The first-order chi connectivity index (χ1) is 16.4. The zero-order chi connectivity index (χ0) is 24.2. The van der Waals surface area contributed by atoms with Gasteiger partial charge in [-0.15, -0.1) is 0 Å². The Kier molecular flexibility index (Phi) is 6.60. The average molecular weight is 475 g/mol. The van der Waals surface area contributed by atoms with Gasteiger partial charge in [-0.1, -0.05) is 36.4 Å². The molecule has 34 heavy (non-hydrogen) atoms. The van der Waals surface area contributed by atoms with Gasteiger partial charge in [-0.25, -0.2) is 4.79 Å². The summed E-state index contributed by atoms with van der Waals surface area (Å²) in [7, 11) is 3.03. The van der Waals surface area contributed by atoms with Gasteiger partial charge in [-0.05, 0) is 60.6 Å². The first-order valence-corrected chi connectivity index (χ1v) is 10.8. The van der Waals surface area contributed by atoms with E-state index in [1.54, 1.807) is 42.5 Å². The van der Waals surface area contributed by atoms with Crippen LogP contribution >= 0.6 is 12.2 Å². The molecular formula is C26H22N2O5S. The highest BCUT2D eigenvalue weighted by atomic mass is 32.1. The van der Waals surface area contributed by atoms with Gasteiger partial charge >= 0.3 is 5.63 Å². The Morgan fingerprint density at radius 1 is 0.971 bits per heavy atom. The summed E-state index contributed by atoms with van der Waals surface area (Å²) >= 11 is 5.36. The van der Waals surface area contributed by atoms with Gasteiger partial charge < -0.3 is 19.2 Å². The molecule has 0 spiro atoms. The van der Waals surface area contributed by atoms with E-state index in [1.807, 2.05) is 31.2 Å². The minimum absolute atomic E-state index is 0.0644. The van der Waals surface area contributed by atoms with Crippen molar-refractivity contribution in [3.05, 3.63) is 88.3 Å². The van der Waals surface area contributed by atoms with Crippen LogP contribution in [0.4, 0.5) is 5.69 Å². The molecule has 8 heteroatoms. The number of hydrogen-bond acceptors (Lipinski definition) is 6. The molecule has 0 atom stereocenters. The van der Waals surface area contributed by atoms with Crippen LogP contribution in [-0.4, -0.2) is 25.2 Å². The van der Waals surface area contributed by atoms with Crippen molar-refractivity contribution in [3.63, 3.8) is 0 Å². The Labute approximate surface area is 201 Å². The third-order valence-electron chi connectivity index (χ3n) is 5.29. The minimum Gasteiger partial charge on any atom is -0.496 e. The number of carbonyl (C=O) groups excluding carboxylic acids is 1. The SMILES string of the molecule is COc1ccc(-c2cc3ccccc3oc2=O)cc1NC(=S)NC(=O)c1cccc(C)c1OC. The fourth-order valence-electron chi connectivity index (χ4n) is 3.66. The number of nitrogens with one attached hydrogen (secondary N) is 2. The molecule has 0 saturated heterocycles. The predicted octanol–water partition coefficient (Wildman–Crippen LogP) is 4.91. The quantitative estimate of drug-likeness (QED) is 0.314. The van der Waals surface area contributed by atoms with E-state index in [9.17, 15) is 9.59 Å². The third-order valence-corrected chi connectivity index (χ3v) is 5.49. The lowest BCUT2D eigenvalue weighted by Gasteiger charge is -2.15. The molecule has 4 rings (SSSR count). The molecule has 4 aromatic rings. The summed E-state index contributed by atoms with van der Waals surface area (Å²) in [5.41, 5.74) is 2.73. The summed E-state index contributed by atoms with van der Waals surface area (Å²) in [5, 5.41) is 6.51. The Morgan fingerprint density at radius 2 is 1.76 bits per heavy atom. The molecule has 0 aliphatic carbocycles. The Bertz CT molecular complexity index is 1460. The van der Waals surface area contributed by atoms with Crippen molar-refractivity contribution in [1.29, 1.82) is 0 Å². The van der Waals surface area contributed by atoms with E-state index in [0.29, 0.717) is 39.5 Å². The summed E-state index contributed by atoms with van der Waals surface area (Å²) in [4.78, 5) is 25.4. The second kappa shape index (κ2) is 9.76. The maximum absolute atomic E-state index is 12.8. The Morgan fingerprint density at radius 3 is 2.53 bits per heavy atom. The standard InChI is InChI=1S/C26H22N2O5S/c1-15-7-6-9-18(23(15)32-3)24(29)28-26(34)27-20-14-16(11-12-22(20)31-2)19-13-17-8-4-5-10-21(17)33-25(19)30/h4-14H,1-3H3,(H2,27,28,29,34). The zero-order valence-corrected chi connectivity index (χ0v) is 19.6. The number of aryl methyl sites for hydroxylation is 1. The monoisotopic (exact) mass is 474 g/mol. The Hall–Kier alpha value is -4.17. The topological polar surface area (TPSA) is 89.8 Å². The van der Waals surface area contributed by atoms with Crippen LogP contribution in [0, 0.1) is 6.92 Å². The van der Waals surface area contributed by atoms with Gasteiger partial charge in [-0.3, -0.25) is 10.1 Å². The van der Waals surface area contributed by atoms with Crippen LogP contribution in [0.25, 0.3) is 22.1 Å². The molecule has 1 aromatic heterocycles.